The van der Waals surface area contributed by atoms with Gasteiger partial charge in [0.1, 0.15) is 11.5 Å². The highest BCUT2D eigenvalue weighted by atomic mass is 35.5. The van der Waals surface area contributed by atoms with Crippen LogP contribution in [0.1, 0.15) is 57.5 Å². The van der Waals surface area contributed by atoms with Crippen LogP contribution in [0.4, 0.5) is 17.1 Å². The van der Waals surface area contributed by atoms with Crippen LogP contribution in [0.25, 0.3) is 0 Å². The highest BCUT2D eigenvalue weighted by Crippen LogP contribution is 2.33. The minimum Gasteiger partial charge on any atom is -0.495 e. The number of amides is 3. The van der Waals surface area contributed by atoms with Crippen molar-refractivity contribution in [1.29, 1.82) is 0 Å². The average Bonchev–Trinajstić information content (AvgIpc) is 3.55. The van der Waals surface area contributed by atoms with E-state index >= 15 is 0 Å². The Labute approximate surface area is 295 Å². The Bertz CT molecular complexity index is 1580. The van der Waals surface area contributed by atoms with Gasteiger partial charge in [-0.3, -0.25) is 14.4 Å². The van der Waals surface area contributed by atoms with Gasteiger partial charge in [0.2, 0.25) is 5.91 Å². The molecule has 0 spiro atoms. The largest absolute Gasteiger partial charge is 0.495 e. The second kappa shape index (κ2) is 18.0. The predicted molar refractivity (Wildman–Crippen MR) is 196 cm³/mol. The van der Waals surface area contributed by atoms with Gasteiger partial charge in [0.25, 0.3) is 11.8 Å². The van der Waals surface area contributed by atoms with E-state index in [0.717, 1.165) is 75.2 Å². The van der Waals surface area contributed by atoms with Gasteiger partial charge >= 0.3 is 0 Å². The number of rotatable bonds is 12. The molecule has 0 unspecified atom stereocenters. The molecule has 2 aliphatic rings. The van der Waals surface area contributed by atoms with Crippen molar-refractivity contribution in [3.63, 3.8) is 0 Å². The number of aryl methyl sites for hydroxylation is 1. The predicted octanol–water partition coefficient (Wildman–Crippen LogP) is 6.06. The lowest BCUT2D eigenvalue weighted by Gasteiger charge is -2.32. The molecule has 2 aliphatic heterocycles. The van der Waals surface area contributed by atoms with Crippen molar-refractivity contribution in [3.8, 4) is 11.5 Å². The fourth-order valence-corrected chi connectivity index (χ4v) is 5.94. The normalized spacial score (nSPS) is 13.7. The highest BCUT2D eigenvalue weighted by molar-refractivity contribution is 6.09. The Balaban J connectivity index is 0.00000312. The van der Waals surface area contributed by atoms with Gasteiger partial charge in [0.05, 0.1) is 25.1 Å². The second-order valence-electron chi connectivity index (χ2n) is 12.1. The topological polar surface area (TPSA) is 103 Å². The Morgan fingerprint density at radius 2 is 1.71 bits per heavy atom. The van der Waals surface area contributed by atoms with Crippen molar-refractivity contribution < 1.29 is 23.9 Å². The first-order chi connectivity index (χ1) is 22.2. The van der Waals surface area contributed by atoms with E-state index in [1.165, 1.54) is 7.11 Å². The maximum absolute atomic E-state index is 13.6. The number of nitrogens with zero attached hydrogens (tertiary/aromatic N) is 3. The Kier molecular flexibility index (Phi) is 14.4. The Morgan fingerprint density at radius 1 is 0.938 bits per heavy atom. The fraction of sp³-hybridized carbons (Fsp3) is 0.417. The van der Waals surface area contributed by atoms with Crippen LogP contribution in [0.5, 0.6) is 11.5 Å². The van der Waals surface area contributed by atoms with E-state index in [1.807, 2.05) is 48.2 Å². The van der Waals surface area contributed by atoms with Gasteiger partial charge in [-0.1, -0.05) is 12.1 Å². The molecule has 3 amide bonds. The summed E-state index contributed by atoms with van der Waals surface area (Å²) in [7, 11) is 5.32. The number of fused-ring (bicyclic) bond motifs is 1. The summed E-state index contributed by atoms with van der Waals surface area (Å²) in [6.45, 7) is 6.76. The van der Waals surface area contributed by atoms with Crippen LogP contribution in [0.3, 0.4) is 0 Å². The smallest absolute Gasteiger partial charge is 0.258 e. The molecule has 0 saturated carbocycles. The fourth-order valence-electron chi connectivity index (χ4n) is 5.94. The van der Waals surface area contributed by atoms with E-state index in [0.29, 0.717) is 47.0 Å². The number of methoxy groups -OCH3 is 1. The standard InChI is InChI=1S/C36H45N5O5.2ClH/c1-25-12-15-31(33(23-25)46-22-7-5-6-11-34(42)41-20-18-39(2)19-21-41)40(3)36(44)26-13-14-30(32(24-26)45-4)38-35(43)28-9-8-10-29-27(28)16-17-37-29;;/h8-10,12-15,23-24,37H,5-7,11,16-22H2,1-4H3,(H,38,43);2*1H. The number of anilines is 3. The molecule has 3 aromatic carbocycles. The monoisotopic (exact) mass is 699 g/mol. The van der Waals surface area contributed by atoms with E-state index in [-0.39, 0.29) is 42.5 Å². The number of likely N-dealkylation sites (N-methyl/N-ethyl adjacent to an activating group) is 1. The molecule has 0 aliphatic carbocycles. The number of piperazine rings is 1. The van der Waals surface area contributed by atoms with Crippen LogP contribution >= 0.6 is 24.8 Å². The first-order valence-corrected chi connectivity index (χ1v) is 16.1. The van der Waals surface area contributed by atoms with Crippen LogP contribution in [-0.4, -0.2) is 88.1 Å². The zero-order chi connectivity index (χ0) is 32.6. The maximum Gasteiger partial charge on any atom is 0.258 e. The molecule has 2 N–H and O–H groups in total. The van der Waals surface area contributed by atoms with Gasteiger partial charge in [0.15, 0.2) is 0 Å². The van der Waals surface area contributed by atoms with E-state index in [4.69, 9.17) is 9.47 Å². The Morgan fingerprint density at radius 3 is 2.46 bits per heavy atom. The lowest BCUT2D eigenvalue weighted by Crippen LogP contribution is -2.47. The molecule has 10 nitrogen and oxygen atoms in total. The molecular formula is C36H47Cl2N5O5. The molecule has 1 fully saturated rings. The van der Waals surface area contributed by atoms with Crippen LogP contribution in [0.2, 0.25) is 0 Å². The second-order valence-corrected chi connectivity index (χ2v) is 12.1. The molecular weight excluding hydrogens is 653 g/mol. The summed E-state index contributed by atoms with van der Waals surface area (Å²) in [5, 5.41) is 6.25. The molecule has 0 bridgehead atoms. The summed E-state index contributed by atoms with van der Waals surface area (Å²) in [4.78, 5) is 45.1. The van der Waals surface area contributed by atoms with Crippen molar-refractivity contribution in [3.05, 3.63) is 76.9 Å². The molecule has 0 radical (unpaired) electrons. The number of carbonyl (C=O) groups is 3. The molecule has 260 valence electrons. The summed E-state index contributed by atoms with van der Waals surface area (Å²) in [6, 6.07) is 16.4. The van der Waals surface area contributed by atoms with E-state index in [1.54, 1.807) is 30.1 Å². The van der Waals surface area contributed by atoms with Crippen LogP contribution in [0.15, 0.2) is 54.6 Å². The molecule has 0 aromatic heterocycles. The van der Waals surface area contributed by atoms with Crippen LogP contribution in [0, 0.1) is 6.92 Å². The van der Waals surface area contributed by atoms with Gasteiger partial charge in [-0.05, 0) is 93.2 Å². The SMILES string of the molecule is COc1cc(C(=O)N(C)c2ccc(C)cc2OCCCCCC(=O)N2CCN(C)CC2)ccc1NC(=O)c1cccc2c1CCN2.Cl.Cl. The quantitative estimate of drug-likeness (QED) is 0.222. The number of benzene rings is 3. The number of unbranched alkanes of at least 4 members (excludes halogenated alkanes) is 2. The summed E-state index contributed by atoms with van der Waals surface area (Å²) < 4.78 is 11.8. The number of hydrogen-bond acceptors (Lipinski definition) is 7. The van der Waals surface area contributed by atoms with Gasteiger partial charge in [-0.15, -0.1) is 24.8 Å². The van der Waals surface area contributed by atoms with E-state index in [9.17, 15) is 14.4 Å². The molecule has 48 heavy (non-hydrogen) atoms. The zero-order valence-electron chi connectivity index (χ0n) is 28.2. The maximum atomic E-state index is 13.6. The van der Waals surface area contributed by atoms with Crippen molar-refractivity contribution in [2.45, 2.75) is 39.0 Å². The van der Waals surface area contributed by atoms with Crippen molar-refractivity contribution in [1.82, 2.24) is 9.80 Å². The van der Waals surface area contributed by atoms with Gasteiger partial charge in [-0.25, -0.2) is 0 Å². The average molecular weight is 701 g/mol. The van der Waals surface area contributed by atoms with Crippen molar-refractivity contribution in [2.75, 3.05) is 76.1 Å². The minimum absolute atomic E-state index is 0. The number of hydrogen-bond donors (Lipinski definition) is 2. The van der Waals surface area contributed by atoms with Gasteiger partial charge < -0.3 is 34.8 Å². The highest BCUT2D eigenvalue weighted by Gasteiger charge is 2.22. The van der Waals surface area contributed by atoms with E-state index < -0.39 is 0 Å². The summed E-state index contributed by atoms with van der Waals surface area (Å²) in [6.07, 6.45) is 3.89. The molecule has 5 rings (SSSR count). The third kappa shape index (κ3) is 9.33. The number of carbonyl (C=O) groups excluding carboxylic acids is 3. The molecule has 0 atom stereocenters. The zero-order valence-corrected chi connectivity index (χ0v) is 29.8. The van der Waals surface area contributed by atoms with Gasteiger partial charge in [0, 0.05) is 63.0 Å². The van der Waals surface area contributed by atoms with Crippen LogP contribution in [-0.2, 0) is 11.2 Å². The number of ether oxygens (including phenoxy) is 2. The lowest BCUT2D eigenvalue weighted by atomic mass is 10.0. The van der Waals surface area contributed by atoms with Crippen LogP contribution < -0.4 is 25.0 Å². The van der Waals surface area contributed by atoms with Crippen molar-refractivity contribution in [2.24, 2.45) is 0 Å². The minimum atomic E-state index is -0.237. The first-order valence-electron chi connectivity index (χ1n) is 16.1. The molecule has 2 heterocycles. The third-order valence-electron chi connectivity index (χ3n) is 8.74. The van der Waals surface area contributed by atoms with Gasteiger partial charge in [-0.2, -0.15) is 0 Å². The number of nitrogens with one attached hydrogen (secondary N) is 2. The number of halogens is 2. The lowest BCUT2D eigenvalue weighted by molar-refractivity contribution is -0.132. The van der Waals surface area contributed by atoms with E-state index in [2.05, 4.69) is 22.6 Å². The first kappa shape index (κ1) is 38.5. The molecule has 12 heteroatoms. The molecule has 1 saturated heterocycles. The molecule has 3 aromatic rings. The van der Waals surface area contributed by atoms with Crippen molar-refractivity contribution >= 4 is 59.6 Å². The third-order valence-corrected chi connectivity index (χ3v) is 8.74. The summed E-state index contributed by atoms with van der Waals surface area (Å²) >= 11 is 0. The summed E-state index contributed by atoms with van der Waals surface area (Å²) in [5.74, 6) is 0.798. The summed E-state index contributed by atoms with van der Waals surface area (Å²) in [5.41, 5.74) is 5.19. The Hall–Kier alpha value is -3.99.